The van der Waals surface area contributed by atoms with Crippen LogP contribution >= 0.6 is 15.9 Å². The second-order valence-corrected chi connectivity index (χ2v) is 3.58. The van der Waals surface area contributed by atoms with E-state index in [-0.39, 0.29) is 6.42 Å². The van der Waals surface area contributed by atoms with Crippen LogP contribution < -0.4 is 5.73 Å². The smallest absolute Gasteiger partial charge is 0.305 e. The van der Waals surface area contributed by atoms with Crippen LogP contribution in [-0.2, 0) is 4.79 Å². The van der Waals surface area contributed by atoms with Gasteiger partial charge in [-0.25, -0.2) is 0 Å². The summed E-state index contributed by atoms with van der Waals surface area (Å²) in [4.78, 5) is 10.4. The third kappa shape index (κ3) is 2.82. The van der Waals surface area contributed by atoms with Crippen molar-refractivity contribution < 1.29 is 9.90 Å². The monoisotopic (exact) mass is 243 g/mol. The van der Waals surface area contributed by atoms with Crippen LogP contribution in [0.3, 0.4) is 0 Å². The van der Waals surface area contributed by atoms with Gasteiger partial charge in [-0.15, -0.1) is 0 Å². The van der Waals surface area contributed by atoms with Gasteiger partial charge >= 0.3 is 5.97 Å². The summed E-state index contributed by atoms with van der Waals surface area (Å²) in [6, 6.07) is 6.91. The minimum Gasteiger partial charge on any atom is -0.481 e. The number of carbonyl (C=O) groups is 1. The topological polar surface area (TPSA) is 63.3 Å². The van der Waals surface area contributed by atoms with E-state index in [1.54, 1.807) is 0 Å². The fraction of sp³-hybridized carbons (Fsp3) is 0.222. The lowest BCUT2D eigenvalue weighted by Gasteiger charge is -2.10. The molecule has 0 amide bonds. The maximum atomic E-state index is 10.4. The highest BCUT2D eigenvalue weighted by molar-refractivity contribution is 9.10. The zero-order valence-electron chi connectivity index (χ0n) is 6.90. The number of nitrogens with two attached hydrogens (primary N) is 1. The van der Waals surface area contributed by atoms with Gasteiger partial charge in [0, 0.05) is 10.5 Å². The molecular weight excluding hydrogens is 234 g/mol. The minimum atomic E-state index is -0.886. The molecule has 0 aliphatic heterocycles. The highest BCUT2D eigenvalue weighted by atomic mass is 79.9. The predicted molar refractivity (Wildman–Crippen MR) is 53.3 cm³/mol. The van der Waals surface area contributed by atoms with Crippen LogP contribution in [0.2, 0.25) is 0 Å². The van der Waals surface area contributed by atoms with Gasteiger partial charge in [0.25, 0.3) is 0 Å². The average Bonchev–Trinajstić information content (AvgIpc) is 2.03. The molecule has 0 aliphatic carbocycles. The van der Waals surface area contributed by atoms with Crippen molar-refractivity contribution in [2.75, 3.05) is 0 Å². The van der Waals surface area contributed by atoms with Gasteiger partial charge in [-0.2, -0.15) is 0 Å². The number of hydrogen-bond acceptors (Lipinski definition) is 2. The summed E-state index contributed by atoms with van der Waals surface area (Å²) in [7, 11) is 0. The highest BCUT2D eigenvalue weighted by Gasteiger charge is 2.12. The molecule has 3 nitrogen and oxygen atoms in total. The normalized spacial score (nSPS) is 12.5. The predicted octanol–water partition coefficient (Wildman–Crippen LogP) is 1.92. The van der Waals surface area contributed by atoms with Gasteiger partial charge in [0.1, 0.15) is 0 Å². The Balaban J connectivity index is 2.82. The van der Waals surface area contributed by atoms with Crippen molar-refractivity contribution >= 4 is 21.9 Å². The third-order valence-corrected chi connectivity index (χ3v) is 2.42. The quantitative estimate of drug-likeness (QED) is 0.853. The van der Waals surface area contributed by atoms with Crippen molar-refractivity contribution in [2.45, 2.75) is 12.5 Å². The first-order chi connectivity index (χ1) is 6.11. The molecule has 0 radical (unpaired) electrons. The Kier molecular flexibility index (Phi) is 3.45. The van der Waals surface area contributed by atoms with E-state index < -0.39 is 12.0 Å². The fourth-order valence-corrected chi connectivity index (χ4v) is 1.65. The SMILES string of the molecule is N[C@@H](CC(=O)O)c1ccccc1Br. The van der Waals surface area contributed by atoms with Gasteiger partial charge in [-0.3, -0.25) is 4.79 Å². The Morgan fingerprint density at radius 2 is 2.15 bits per heavy atom. The first-order valence-electron chi connectivity index (χ1n) is 3.83. The molecule has 0 heterocycles. The molecule has 1 aromatic rings. The van der Waals surface area contributed by atoms with Gasteiger partial charge in [0.05, 0.1) is 6.42 Å². The van der Waals surface area contributed by atoms with E-state index in [1.807, 2.05) is 24.3 Å². The van der Waals surface area contributed by atoms with Crippen molar-refractivity contribution in [3.8, 4) is 0 Å². The van der Waals surface area contributed by atoms with Gasteiger partial charge < -0.3 is 10.8 Å². The Hall–Kier alpha value is -0.870. The summed E-state index contributed by atoms with van der Waals surface area (Å²) in [6.45, 7) is 0. The van der Waals surface area contributed by atoms with Crippen LogP contribution in [0.4, 0.5) is 0 Å². The number of halogens is 1. The summed E-state index contributed by atoms with van der Waals surface area (Å²) >= 11 is 3.31. The largest absolute Gasteiger partial charge is 0.481 e. The Morgan fingerprint density at radius 1 is 1.54 bits per heavy atom. The molecule has 0 fully saturated rings. The lowest BCUT2D eigenvalue weighted by molar-refractivity contribution is -0.137. The average molecular weight is 244 g/mol. The highest BCUT2D eigenvalue weighted by Crippen LogP contribution is 2.23. The molecule has 0 unspecified atom stereocenters. The maximum Gasteiger partial charge on any atom is 0.305 e. The molecule has 0 saturated heterocycles. The van der Waals surface area contributed by atoms with E-state index in [4.69, 9.17) is 10.8 Å². The van der Waals surface area contributed by atoms with Gasteiger partial charge in [-0.05, 0) is 11.6 Å². The second kappa shape index (κ2) is 4.39. The summed E-state index contributed by atoms with van der Waals surface area (Å²) in [5.74, 6) is -0.886. The first kappa shape index (κ1) is 10.2. The molecule has 1 aromatic carbocycles. The summed E-state index contributed by atoms with van der Waals surface area (Å²) in [5, 5.41) is 8.54. The van der Waals surface area contributed by atoms with E-state index in [2.05, 4.69) is 15.9 Å². The van der Waals surface area contributed by atoms with Gasteiger partial charge in [-0.1, -0.05) is 34.1 Å². The number of carboxylic acids is 1. The van der Waals surface area contributed by atoms with Crippen LogP contribution in [0.15, 0.2) is 28.7 Å². The summed E-state index contributed by atoms with van der Waals surface area (Å²) < 4.78 is 0.851. The van der Waals surface area contributed by atoms with Crippen molar-refractivity contribution in [1.29, 1.82) is 0 Å². The lowest BCUT2D eigenvalue weighted by atomic mass is 10.1. The van der Waals surface area contributed by atoms with Crippen LogP contribution in [0.1, 0.15) is 18.0 Å². The molecule has 13 heavy (non-hydrogen) atoms. The Morgan fingerprint density at radius 3 is 2.69 bits per heavy atom. The van der Waals surface area contributed by atoms with Crippen LogP contribution in [0.25, 0.3) is 0 Å². The molecule has 1 rings (SSSR count). The zero-order chi connectivity index (χ0) is 9.84. The van der Waals surface area contributed by atoms with Gasteiger partial charge in [0.15, 0.2) is 0 Å². The summed E-state index contributed by atoms with van der Waals surface area (Å²) in [6.07, 6.45) is -0.0530. The van der Waals surface area contributed by atoms with Gasteiger partial charge in [0.2, 0.25) is 0 Å². The number of hydrogen-bond donors (Lipinski definition) is 2. The number of rotatable bonds is 3. The van der Waals surface area contributed by atoms with Crippen molar-refractivity contribution in [3.05, 3.63) is 34.3 Å². The number of aliphatic carboxylic acids is 1. The van der Waals surface area contributed by atoms with Crippen molar-refractivity contribution in [2.24, 2.45) is 5.73 Å². The molecule has 0 aliphatic rings. The fourth-order valence-electron chi connectivity index (χ4n) is 1.07. The molecule has 0 saturated carbocycles. The van der Waals surface area contributed by atoms with E-state index >= 15 is 0 Å². The van der Waals surface area contributed by atoms with E-state index in [0.717, 1.165) is 10.0 Å². The Labute approximate surface area is 84.7 Å². The molecule has 70 valence electrons. The molecule has 0 bridgehead atoms. The van der Waals surface area contributed by atoms with Crippen LogP contribution in [-0.4, -0.2) is 11.1 Å². The zero-order valence-corrected chi connectivity index (χ0v) is 8.49. The van der Waals surface area contributed by atoms with Crippen molar-refractivity contribution in [3.63, 3.8) is 0 Å². The number of benzene rings is 1. The van der Waals surface area contributed by atoms with Crippen molar-refractivity contribution in [1.82, 2.24) is 0 Å². The van der Waals surface area contributed by atoms with E-state index in [1.165, 1.54) is 0 Å². The number of carboxylic acid groups (broad SMARTS) is 1. The third-order valence-electron chi connectivity index (χ3n) is 1.70. The summed E-state index contributed by atoms with van der Waals surface area (Å²) in [5.41, 5.74) is 6.51. The molecule has 1 atom stereocenters. The van der Waals surface area contributed by atoms with Crippen LogP contribution in [0.5, 0.6) is 0 Å². The van der Waals surface area contributed by atoms with E-state index in [0.29, 0.717) is 0 Å². The molecular formula is C9H10BrNO2. The standard InChI is InChI=1S/C9H10BrNO2/c10-7-4-2-1-3-6(7)8(11)5-9(12)13/h1-4,8H,5,11H2,(H,12,13)/t8-/m0/s1. The molecule has 4 heteroatoms. The Bertz CT molecular complexity index is 314. The van der Waals surface area contributed by atoms with Crippen LogP contribution in [0, 0.1) is 0 Å². The molecule has 3 N–H and O–H groups in total. The molecule has 0 aromatic heterocycles. The minimum absolute atomic E-state index is 0.0530. The molecule has 0 spiro atoms. The maximum absolute atomic E-state index is 10.4. The van der Waals surface area contributed by atoms with E-state index in [9.17, 15) is 4.79 Å². The second-order valence-electron chi connectivity index (χ2n) is 2.73. The lowest BCUT2D eigenvalue weighted by Crippen LogP contribution is -2.15. The first-order valence-corrected chi connectivity index (χ1v) is 4.62.